The number of aromatic nitrogens is 2. The Hall–Kier alpha value is -3.92. The molecule has 0 N–H and O–H groups in total. The molecule has 31 heavy (non-hydrogen) atoms. The summed E-state index contributed by atoms with van der Waals surface area (Å²) in [5.74, 6) is 0.189. The molecule has 7 heteroatoms. The zero-order valence-corrected chi connectivity index (χ0v) is 17.2. The fourth-order valence-corrected chi connectivity index (χ4v) is 3.56. The summed E-state index contributed by atoms with van der Waals surface area (Å²) < 4.78 is 7.29. The van der Waals surface area contributed by atoms with Crippen LogP contribution in [0.2, 0.25) is 0 Å². The number of amides is 1. The highest BCUT2D eigenvalue weighted by Crippen LogP contribution is 2.25. The number of nitrogens with zero attached hydrogens (tertiary/aromatic N) is 4. The summed E-state index contributed by atoms with van der Waals surface area (Å²) in [5.41, 5.74) is 1.02. The van der Waals surface area contributed by atoms with Crippen molar-refractivity contribution in [1.29, 1.82) is 5.26 Å². The molecule has 2 aromatic heterocycles. The van der Waals surface area contributed by atoms with Gasteiger partial charge in [0.15, 0.2) is 0 Å². The molecule has 1 aromatic carbocycles. The number of carbonyl (C=O) groups excluding carboxylic acids is 1. The van der Waals surface area contributed by atoms with Gasteiger partial charge in [-0.3, -0.25) is 14.0 Å². The number of benzene rings is 1. The van der Waals surface area contributed by atoms with E-state index in [2.05, 4.69) is 4.98 Å². The molecule has 7 nitrogen and oxygen atoms in total. The van der Waals surface area contributed by atoms with Crippen molar-refractivity contribution in [1.82, 2.24) is 14.3 Å². The van der Waals surface area contributed by atoms with Gasteiger partial charge < -0.3 is 9.64 Å². The Bertz CT molecular complexity index is 1250. The van der Waals surface area contributed by atoms with Gasteiger partial charge in [-0.05, 0) is 56.5 Å². The van der Waals surface area contributed by atoms with E-state index in [1.807, 2.05) is 25.1 Å². The molecule has 0 atom stereocenters. The van der Waals surface area contributed by atoms with Gasteiger partial charge in [0.2, 0.25) is 5.88 Å². The van der Waals surface area contributed by atoms with Crippen molar-refractivity contribution in [2.45, 2.75) is 26.2 Å². The van der Waals surface area contributed by atoms with E-state index in [1.54, 1.807) is 41.4 Å². The number of ether oxygens (including phenoxy) is 1. The van der Waals surface area contributed by atoms with Crippen LogP contribution in [0.15, 0.2) is 59.0 Å². The third kappa shape index (κ3) is 4.33. The molecular weight excluding hydrogens is 392 g/mol. The van der Waals surface area contributed by atoms with Gasteiger partial charge in [0.25, 0.3) is 11.5 Å². The summed E-state index contributed by atoms with van der Waals surface area (Å²) in [4.78, 5) is 32.2. The number of nitriles is 1. The van der Waals surface area contributed by atoms with Crippen molar-refractivity contribution in [2.75, 3.05) is 13.1 Å². The fourth-order valence-electron chi connectivity index (χ4n) is 3.56. The highest BCUT2D eigenvalue weighted by molar-refractivity contribution is 6.02. The molecule has 0 radical (unpaired) electrons. The van der Waals surface area contributed by atoms with E-state index in [1.165, 1.54) is 10.5 Å². The van der Waals surface area contributed by atoms with Crippen molar-refractivity contribution in [3.63, 3.8) is 0 Å². The van der Waals surface area contributed by atoms with E-state index in [0.717, 1.165) is 24.8 Å². The maximum absolute atomic E-state index is 13.2. The molecule has 1 amide bonds. The number of carbonyl (C=O) groups is 1. The largest absolute Gasteiger partial charge is 0.438 e. The van der Waals surface area contributed by atoms with Gasteiger partial charge in [0, 0.05) is 19.3 Å². The molecule has 1 aliphatic rings. The number of hydrogen-bond donors (Lipinski definition) is 0. The molecule has 0 saturated carbocycles. The molecule has 3 aromatic rings. The number of rotatable bonds is 4. The third-order valence-electron chi connectivity index (χ3n) is 5.25. The van der Waals surface area contributed by atoms with E-state index < -0.39 is 5.56 Å². The minimum absolute atomic E-state index is 0.0549. The first-order chi connectivity index (χ1) is 15.1. The van der Waals surface area contributed by atoms with E-state index in [0.29, 0.717) is 24.5 Å². The zero-order valence-electron chi connectivity index (χ0n) is 17.2. The first-order valence-electron chi connectivity index (χ1n) is 10.2. The van der Waals surface area contributed by atoms with Crippen LogP contribution >= 0.6 is 0 Å². The second-order valence-corrected chi connectivity index (χ2v) is 7.50. The van der Waals surface area contributed by atoms with Gasteiger partial charge >= 0.3 is 0 Å². The Labute approximate surface area is 179 Å². The summed E-state index contributed by atoms with van der Waals surface area (Å²) in [7, 11) is 0. The Morgan fingerprint density at radius 2 is 1.87 bits per heavy atom. The summed E-state index contributed by atoms with van der Waals surface area (Å²) in [6, 6.07) is 14.5. The highest BCUT2D eigenvalue weighted by Gasteiger charge is 2.22. The van der Waals surface area contributed by atoms with Gasteiger partial charge in [-0.2, -0.15) is 10.2 Å². The number of hydrogen-bond acceptors (Lipinski definition) is 5. The van der Waals surface area contributed by atoms with Crippen LogP contribution in [0.1, 0.15) is 30.4 Å². The fraction of sp³-hybridized carbons (Fsp3) is 0.250. The second kappa shape index (κ2) is 8.84. The molecule has 0 unspecified atom stereocenters. The lowest BCUT2D eigenvalue weighted by atomic mass is 10.1. The third-order valence-corrected chi connectivity index (χ3v) is 5.25. The summed E-state index contributed by atoms with van der Waals surface area (Å²) in [5, 5.41) is 9.67. The highest BCUT2D eigenvalue weighted by atomic mass is 16.5. The predicted octanol–water partition coefficient (Wildman–Crippen LogP) is 3.71. The van der Waals surface area contributed by atoms with E-state index in [9.17, 15) is 14.9 Å². The Balaban J connectivity index is 1.82. The van der Waals surface area contributed by atoms with Crippen LogP contribution in [0.4, 0.5) is 0 Å². The van der Waals surface area contributed by atoms with Gasteiger partial charge in [-0.15, -0.1) is 0 Å². The minimum Gasteiger partial charge on any atom is -0.438 e. The van der Waals surface area contributed by atoms with Crippen molar-refractivity contribution < 1.29 is 9.53 Å². The molecule has 1 saturated heterocycles. The second-order valence-electron chi connectivity index (χ2n) is 7.50. The van der Waals surface area contributed by atoms with Crippen LogP contribution in [0, 0.1) is 18.3 Å². The van der Waals surface area contributed by atoms with Crippen molar-refractivity contribution in [2.24, 2.45) is 0 Å². The SMILES string of the molecule is Cc1ccc(Oc2nc3ccccn3c(=O)c2C=C(C#N)C(=O)N2CCCCC2)cc1. The first-order valence-corrected chi connectivity index (χ1v) is 10.2. The molecular formula is C24H22N4O3. The lowest BCUT2D eigenvalue weighted by Crippen LogP contribution is -2.36. The van der Waals surface area contributed by atoms with Crippen LogP contribution in [0.3, 0.4) is 0 Å². The standard InChI is InChI=1S/C24H22N4O3/c1-17-8-10-19(11-9-17)31-22-20(24(30)28-14-6-3-7-21(28)26-22)15-18(16-25)23(29)27-12-4-2-5-13-27/h3,6-11,14-15H,2,4-5,12-13H2,1H3. The maximum Gasteiger partial charge on any atom is 0.269 e. The Kier molecular flexibility index (Phi) is 5.80. The molecule has 1 fully saturated rings. The zero-order chi connectivity index (χ0) is 21.8. The van der Waals surface area contributed by atoms with Crippen molar-refractivity contribution in [3.05, 3.63) is 75.7 Å². The number of piperidine rings is 1. The van der Waals surface area contributed by atoms with Gasteiger partial charge in [0.05, 0.1) is 0 Å². The lowest BCUT2D eigenvalue weighted by molar-refractivity contribution is -0.127. The predicted molar refractivity (Wildman–Crippen MR) is 117 cm³/mol. The molecule has 1 aliphatic heterocycles. The van der Waals surface area contributed by atoms with Crippen LogP contribution in [0.5, 0.6) is 11.6 Å². The smallest absolute Gasteiger partial charge is 0.269 e. The molecule has 156 valence electrons. The van der Waals surface area contributed by atoms with Crippen molar-refractivity contribution in [3.8, 4) is 17.7 Å². The normalized spacial score (nSPS) is 14.3. The molecule has 3 heterocycles. The maximum atomic E-state index is 13.2. The summed E-state index contributed by atoms with van der Waals surface area (Å²) in [6.45, 7) is 3.18. The first kappa shape index (κ1) is 20.4. The van der Waals surface area contributed by atoms with E-state index in [-0.39, 0.29) is 22.9 Å². The van der Waals surface area contributed by atoms with E-state index >= 15 is 0 Å². The quantitative estimate of drug-likeness (QED) is 0.480. The Morgan fingerprint density at radius 1 is 1.13 bits per heavy atom. The molecule has 0 bridgehead atoms. The van der Waals surface area contributed by atoms with Crippen LogP contribution in [-0.2, 0) is 4.79 Å². The topological polar surface area (TPSA) is 87.7 Å². The monoisotopic (exact) mass is 414 g/mol. The average Bonchev–Trinajstić information content (AvgIpc) is 2.81. The van der Waals surface area contributed by atoms with Gasteiger partial charge in [0.1, 0.15) is 28.6 Å². The molecule has 4 rings (SSSR count). The van der Waals surface area contributed by atoms with Crippen LogP contribution in [-0.4, -0.2) is 33.3 Å². The van der Waals surface area contributed by atoms with Crippen LogP contribution in [0.25, 0.3) is 11.7 Å². The average molecular weight is 414 g/mol. The molecule has 0 aliphatic carbocycles. The number of aryl methyl sites for hydroxylation is 1. The van der Waals surface area contributed by atoms with Gasteiger partial charge in [-0.1, -0.05) is 23.8 Å². The minimum atomic E-state index is -0.410. The summed E-state index contributed by atoms with van der Waals surface area (Å²) >= 11 is 0. The number of pyridine rings is 1. The van der Waals surface area contributed by atoms with Crippen molar-refractivity contribution >= 4 is 17.6 Å². The number of likely N-dealkylation sites (tertiary alicyclic amines) is 1. The summed E-state index contributed by atoms with van der Waals surface area (Å²) in [6.07, 6.45) is 5.78. The Morgan fingerprint density at radius 3 is 2.58 bits per heavy atom. The van der Waals surface area contributed by atoms with Crippen LogP contribution < -0.4 is 10.3 Å². The van der Waals surface area contributed by atoms with E-state index in [4.69, 9.17) is 4.74 Å². The molecule has 0 spiro atoms. The van der Waals surface area contributed by atoms with Gasteiger partial charge in [-0.25, -0.2) is 0 Å². The number of fused-ring (bicyclic) bond motifs is 1. The lowest BCUT2D eigenvalue weighted by Gasteiger charge is -2.26.